The lowest BCUT2D eigenvalue weighted by Gasteiger charge is -2.21. The van der Waals surface area contributed by atoms with E-state index in [0.717, 1.165) is 32.4 Å². The molecular formula is C12H23N3O2. The van der Waals surface area contributed by atoms with Gasteiger partial charge in [0.1, 0.15) is 0 Å². The van der Waals surface area contributed by atoms with Gasteiger partial charge in [-0.3, -0.25) is 9.59 Å². The smallest absolute Gasteiger partial charge is 0.311 e. The molecule has 2 N–H and O–H groups in total. The van der Waals surface area contributed by atoms with Crippen LogP contribution in [0.2, 0.25) is 0 Å². The van der Waals surface area contributed by atoms with Crippen molar-refractivity contribution in [2.24, 2.45) is 0 Å². The van der Waals surface area contributed by atoms with Crippen molar-refractivity contribution >= 4 is 11.8 Å². The van der Waals surface area contributed by atoms with Crippen molar-refractivity contribution in [3.63, 3.8) is 0 Å². The fourth-order valence-electron chi connectivity index (χ4n) is 1.93. The molecule has 0 aromatic rings. The molecule has 1 aliphatic rings. The van der Waals surface area contributed by atoms with Gasteiger partial charge >= 0.3 is 11.8 Å². The molecule has 0 aromatic heterocycles. The molecule has 0 radical (unpaired) electrons. The van der Waals surface area contributed by atoms with E-state index in [4.69, 9.17) is 0 Å². The summed E-state index contributed by atoms with van der Waals surface area (Å²) < 4.78 is 0. The number of amides is 2. The zero-order chi connectivity index (χ0) is 12.7. The molecule has 0 bridgehead atoms. The van der Waals surface area contributed by atoms with Crippen LogP contribution in [0.5, 0.6) is 0 Å². The quantitative estimate of drug-likeness (QED) is 0.690. The van der Waals surface area contributed by atoms with Gasteiger partial charge < -0.3 is 15.5 Å². The first kappa shape index (κ1) is 14.0. The van der Waals surface area contributed by atoms with E-state index in [1.165, 1.54) is 0 Å². The van der Waals surface area contributed by atoms with Crippen LogP contribution >= 0.6 is 0 Å². The van der Waals surface area contributed by atoms with Crippen LogP contribution < -0.4 is 10.6 Å². The Morgan fingerprint density at radius 3 is 2.59 bits per heavy atom. The number of hydrogen-bond donors (Lipinski definition) is 2. The van der Waals surface area contributed by atoms with Crippen LogP contribution in [0.25, 0.3) is 0 Å². The van der Waals surface area contributed by atoms with Crippen molar-refractivity contribution in [3.05, 3.63) is 0 Å². The molecule has 1 rings (SSSR count). The third kappa shape index (κ3) is 4.34. The Bertz CT molecular complexity index is 256. The molecule has 5 nitrogen and oxygen atoms in total. The highest BCUT2D eigenvalue weighted by Crippen LogP contribution is 1.99. The van der Waals surface area contributed by atoms with Crippen LogP contribution in [0.4, 0.5) is 0 Å². The van der Waals surface area contributed by atoms with Gasteiger partial charge in [-0.2, -0.15) is 0 Å². The maximum absolute atomic E-state index is 11.9. The van der Waals surface area contributed by atoms with Crippen molar-refractivity contribution in [2.45, 2.75) is 39.2 Å². The molecule has 0 aliphatic carbocycles. The van der Waals surface area contributed by atoms with Gasteiger partial charge in [0.05, 0.1) is 0 Å². The van der Waals surface area contributed by atoms with Gasteiger partial charge in [-0.15, -0.1) is 0 Å². The van der Waals surface area contributed by atoms with E-state index in [9.17, 15) is 9.59 Å². The standard InChI is InChI=1S/C12H23N3O2/c1-3-10(4-2)14-11(16)12(17)15-8-5-6-13-7-9-15/h10,13H,3-9H2,1-2H3,(H,14,16). The Kier molecular flexibility index (Phi) is 5.97. The monoisotopic (exact) mass is 241 g/mol. The zero-order valence-corrected chi connectivity index (χ0v) is 10.8. The maximum Gasteiger partial charge on any atom is 0.311 e. The molecule has 1 saturated heterocycles. The molecule has 1 aliphatic heterocycles. The van der Waals surface area contributed by atoms with Crippen LogP contribution in [-0.2, 0) is 9.59 Å². The van der Waals surface area contributed by atoms with Crippen LogP contribution in [0.15, 0.2) is 0 Å². The zero-order valence-electron chi connectivity index (χ0n) is 10.8. The van der Waals surface area contributed by atoms with Gasteiger partial charge in [0, 0.05) is 25.7 Å². The third-order valence-corrected chi connectivity index (χ3v) is 3.14. The number of nitrogens with zero attached hydrogens (tertiary/aromatic N) is 1. The van der Waals surface area contributed by atoms with Crippen molar-refractivity contribution < 1.29 is 9.59 Å². The minimum absolute atomic E-state index is 0.108. The van der Waals surface area contributed by atoms with Crippen molar-refractivity contribution in [3.8, 4) is 0 Å². The first-order valence-corrected chi connectivity index (χ1v) is 6.49. The second-order valence-electron chi connectivity index (χ2n) is 4.38. The normalized spacial score (nSPS) is 16.8. The lowest BCUT2D eigenvalue weighted by atomic mass is 10.2. The Morgan fingerprint density at radius 2 is 1.94 bits per heavy atom. The largest absolute Gasteiger partial charge is 0.345 e. The molecule has 17 heavy (non-hydrogen) atoms. The molecule has 98 valence electrons. The van der Waals surface area contributed by atoms with Crippen LogP contribution in [0.3, 0.4) is 0 Å². The molecule has 1 heterocycles. The lowest BCUT2D eigenvalue weighted by molar-refractivity contribution is -0.146. The molecule has 2 amide bonds. The van der Waals surface area contributed by atoms with Gasteiger partial charge in [-0.05, 0) is 25.8 Å². The van der Waals surface area contributed by atoms with Crippen molar-refractivity contribution in [1.82, 2.24) is 15.5 Å². The van der Waals surface area contributed by atoms with Crippen LogP contribution in [0.1, 0.15) is 33.1 Å². The lowest BCUT2D eigenvalue weighted by Crippen LogP contribution is -2.47. The maximum atomic E-state index is 11.9. The first-order valence-electron chi connectivity index (χ1n) is 6.49. The summed E-state index contributed by atoms with van der Waals surface area (Å²) in [6.07, 6.45) is 2.62. The summed E-state index contributed by atoms with van der Waals surface area (Å²) in [5.41, 5.74) is 0. The van der Waals surface area contributed by atoms with Gasteiger partial charge in [0.2, 0.25) is 0 Å². The number of carbonyl (C=O) groups is 2. The Balaban J connectivity index is 2.47. The molecule has 5 heteroatoms. The van der Waals surface area contributed by atoms with E-state index in [1.807, 2.05) is 13.8 Å². The van der Waals surface area contributed by atoms with Crippen molar-refractivity contribution in [2.75, 3.05) is 26.2 Å². The van der Waals surface area contributed by atoms with Gasteiger partial charge in [-0.1, -0.05) is 13.8 Å². The van der Waals surface area contributed by atoms with E-state index in [0.29, 0.717) is 13.1 Å². The molecule has 0 saturated carbocycles. The number of nitrogens with one attached hydrogen (secondary N) is 2. The number of carbonyl (C=O) groups excluding carboxylic acids is 2. The summed E-state index contributed by atoms with van der Waals surface area (Å²) in [6.45, 7) is 6.99. The fraction of sp³-hybridized carbons (Fsp3) is 0.833. The summed E-state index contributed by atoms with van der Waals surface area (Å²) >= 11 is 0. The highest BCUT2D eigenvalue weighted by molar-refractivity contribution is 6.35. The van der Waals surface area contributed by atoms with E-state index in [2.05, 4.69) is 10.6 Å². The Hall–Kier alpha value is -1.10. The average Bonchev–Trinajstić information content (AvgIpc) is 2.63. The summed E-state index contributed by atoms with van der Waals surface area (Å²) in [6, 6.07) is 0.108. The van der Waals surface area contributed by atoms with Crippen LogP contribution in [0, 0.1) is 0 Å². The first-order chi connectivity index (χ1) is 8.19. The summed E-state index contributed by atoms with van der Waals surface area (Å²) in [5, 5.41) is 5.99. The number of hydrogen-bond acceptors (Lipinski definition) is 3. The molecule has 0 unspecified atom stereocenters. The Labute approximate surface area is 103 Å². The minimum Gasteiger partial charge on any atom is -0.345 e. The minimum atomic E-state index is -0.458. The summed E-state index contributed by atoms with van der Waals surface area (Å²) in [4.78, 5) is 25.3. The topological polar surface area (TPSA) is 61.4 Å². The fourth-order valence-corrected chi connectivity index (χ4v) is 1.93. The number of rotatable bonds is 3. The highest BCUT2D eigenvalue weighted by atomic mass is 16.2. The second kappa shape index (κ2) is 7.27. The predicted molar refractivity (Wildman–Crippen MR) is 66.6 cm³/mol. The highest BCUT2D eigenvalue weighted by Gasteiger charge is 2.23. The molecule has 0 spiro atoms. The molecular weight excluding hydrogens is 218 g/mol. The SMILES string of the molecule is CCC(CC)NC(=O)C(=O)N1CCCNCC1. The predicted octanol–water partition coefficient (Wildman–Crippen LogP) is 0.113. The van der Waals surface area contributed by atoms with Gasteiger partial charge in [0.15, 0.2) is 0 Å². The van der Waals surface area contributed by atoms with Gasteiger partial charge in [-0.25, -0.2) is 0 Å². The Morgan fingerprint density at radius 1 is 1.24 bits per heavy atom. The second-order valence-corrected chi connectivity index (χ2v) is 4.38. The van der Waals surface area contributed by atoms with Crippen LogP contribution in [-0.4, -0.2) is 48.9 Å². The van der Waals surface area contributed by atoms with Crippen molar-refractivity contribution in [1.29, 1.82) is 0 Å². The molecule has 0 atom stereocenters. The summed E-state index contributed by atoms with van der Waals surface area (Å²) in [7, 11) is 0. The van der Waals surface area contributed by atoms with E-state index in [-0.39, 0.29) is 11.9 Å². The molecule has 1 fully saturated rings. The van der Waals surface area contributed by atoms with E-state index in [1.54, 1.807) is 4.90 Å². The van der Waals surface area contributed by atoms with E-state index < -0.39 is 5.91 Å². The third-order valence-electron chi connectivity index (χ3n) is 3.14. The average molecular weight is 241 g/mol. The molecule has 0 aromatic carbocycles. The van der Waals surface area contributed by atoms with E-state index >= 15 is 0 Å². The van der Waals surface area contributed by atoms with Gasteiger partial charge in [0.25, 0.3) is 0 Å². The summed E-state index contributed by atoms with van der Waals surface area (Å²) in [5.74, 6) is -0.846.